The first-order valence-corrected chi connectivity index (χ1v) is 8.33. The number of Topliss-reactive ketones (excluding diaryl/α,β-unsaturated/α-hetero) is 2. The van der Waals surface area contributed by atoms with E-state index in [4.69, 9.17) is 19.7 Å². The molecule has 0 aromatic rings. The van der Waals surface area contributed by atoms with Crippen molar-refractivity contribution in [1.29, 1.82) is 0 Å². The molecular weight excluding hydrogens is 435 g/mol. The summed E-state index contributed by atoms with van der Waals surface area (Å²) in [6.07, 6.45) is 2.35. The number of aliphatic hydroxyl groups excluding tert-OH is 2. The number of hydrogen-bond acceptors (Lipinski definition) is 8. The zero-order chi connectivity index (χ0) is 21.4. The van der Waals surface area contributed by atoms with Gasteiger partial charge in [0.25, 0.3) is 0 Å². The molecule has 0 bridgehead atoms. The molecule has 0 rings (SSSR count). The molecule has 0 heterocycles. The summed E-state index contributed by atoms with van der Waals surface area (Å²) in [6.45, 7) is 11.5. The molecule has 0 aliphatic heterocycles. The minimum atomic E-state index is -0.216. The van der Waals surface area contributed by atoms with E-state index in [9.17, 15) is 19.2 Å². The van der Waals surface area contributed by atoms with E-state index in [2.05, 4.69) is 0 Å². The minimum Gasteiger partial charge on any atom is -0.541 e. The Morgan fingerprint density at radius 1 is 0.778 bits per heavy atom. The first kappa shape index (κ1) is 37.2. The van der Waals surface area contributed by atoms with Crippen molar-refractivity contribution in [3.8, 4) is 0 Å². The van der Waals surface area contributed by atoms with E-state index in [1.165, 1.54) is 12.6 Å². The molecule has 0 aliphatic carbocycles. The van der Waals surface area contributed by atoms with Crippen molar-refractivity contribution in [2.45, 2.75) is 66.6 Å². The Labute approximate surface area is 182 Å². The molecule has 2 N–H and O–H groups in total. The van der Waals surface area contributed by atoms with Crippen LogP contribution >= 0.6 is 0 Å². The largest absolute Gasteiger partial charge is 2.00 e. The summed E-state index contributed by atoms with van der Waals surface area (Å²) < 4.78 is 9.44. The second kappa shape index (κ2) is 33.0. The Bertz CT molecular complexity index is 296. The average molecular weight is 470 g/mol. The van der Waals surface area contributed by atoms with Gasteiger partial charge in [-0.3, -0.25) is 22.2 Å². The third-order valence-corrected chi connectivity index (χ3v) is 1.47. The molecule has 0 aromatic carbocycles. The molecule has 0 atom stereocenters. The van der Waals surface area contributed by atoms with E-state index in [1.807, 2.05) is 0 Å². The van der Waals surface area contributed by atoms with Crippen LogP contribution in [0.25, 0.3) is 0 Å². The van der Waals surface area contributed by atoms with Crippen LogP contribution in [0.5, 0.6) is 0 Å². The third kappa shape index (κ3) is 77.5. The zero-order valence-electron chi connectivity index (χ0n) is 17.2. The maximum atomic E-state index is 10.4. The van der Waals surface area contributed by atoms with Gasteiger partial charge in [-0.1, -0.05) is 12.8 Å². The number of aliphatic hydroxyl groups is 2. The fourth-order valence-corrected chi connectivity index (χ4v) is 0.695. The van der Waals surface area contributed by atoms with Crippen molar-refractivity contribution in [3.63, 3.8) is 0 Å². The van der Waals surface area contributed by atoms with Crippen LogP contribution in [0.2, 0.25) is 0 Å². The second-order valence-electron chi connectivity index (χ2n) is 5.18. The van der Waals surface area contributed by atoms with Crippen molar-refractivity contribution < 1.29 is 65.1 Å². The van der Waals surface area contributed by atoms with E-state index in [1.54, 1.807) is 41.5 Å². The quantitative estimate of drug-likeness (QED) is 0.358. The first-order chi connectivity index (χ1) is 12.1. The molecule has 0 amide bonds. The molecule has 27 heavy (non-hydrogen) atoms. The van der Waals surface area contributed by atoms with Gasteiger partial charge in [-0.15, -0.1) is 0 Å². The van der Waals surface area contributed by atoms with Gasteiger partial charge in [0.2, 0.25) is 0 Å². The Balaban J connectivity index is -0.0000000843. The van der Waals surface area contributed by atoms with Crippen LogP contribution in [0.15, 0.2) is 0 Å². The predicted molar refractivity (Wildman–Crippen MR) is 98.3 cm³/mol. The molecule has 0 aliphatic rings. The molecule has 0 aromatic heterocycles. The molecule has 0 radical (unpaired) electrons. The minimum absolute atomic E-state index is 0. The van der Waals surface area contributed by atoms with Gasteiger partial charge in [0.15, 0.2) is 0 Å². The SMILES string of the molecule is CC(C)O.CC(C)O.CCOCC(=O)C[C-]=O.CCOCC(=O)C[C-]=O.[Zr+2]. The normalized spacial score (nSPS) is 8.67. The van der Waals surface area contributed by atoms with Gasteiger partial charge in [-0.2, -0.15) is 0 Å². The summed E-state index contributed by atoms with van der Waals surface area (Å²) in [5.74, 6) is -0.432. The molecule has 0 fully saturated rings. The van der Waals surface area contributed by atoms with Gasteiger partial charge in [-0.25, -0.2) is 0 Å². The molecule has 9 heteroatoms. The summed E-state index contributed by atoms with van der Waals surface area (Å²) in [5.41, 5.74) is 0. The fourth-order valence-electron chi connectivity index (χ4n) is 0.695. The van der Waals surface area contributed by atoms with Crippen molar-refractivity contribution in [3.05, 3.63) is 0 Å². The van der Waals surface area contributed by atoms with Crippen molar-refractivity contribution >= 4 is 24.1 Å². The van der Waals surface area contributed by atoms with Crippen LogP contribution in [0.1, 0.15) is 54.4 Å². The van der Waals surface area contributed by atoms with E-state index >= 15 is 0 Å². The summed E-state index contributed by atoms with van der Waals surface area (Å²) in [4.78, 5) is 40.0. The van der Waals surface area contributed by atoms with Gasteiger partial charge in [0.05, 0.1) is 0 Å². The van der Waals surface area contributed by atoms with E-state index < -0.39 is 0 Å². The predicted octanol–water partition coefficient (Wildman–Crippen LogP) is 0.955. The molecule has 8 nitrogen and oxygen atoms in total. The van der Waals surface area contributed by atoms with Crippen LogP contribution in [0.4, 0.5) is 0 Å². The number of hydrogen-bond donors (Lipinski definition) is 2. The number of rotatable bonds is 10. The van der Waals surface area contributed by atoms with Gasteiger partial charge < -0.3 is 29.3 Å². The molecule has 0 saturated heterocycles. The van der Waals surface area contributed by atoms with E-state index in [0.29, 0.717) is 13.2 Å². The summed E-state index contributed by atoms with van der Waals surface area (Å²) >= 11 is 0. The number of carbonyl (C=O) groups is 2. The topological polar surface area (TPSA) is 127 Å². The molecule has 158 valence electrons. The summed E-state index contributed by atoms with van der Waals surface area (Å²) in [5, 5.41) is 16.1. The Kier molecular flexibility index (Phi) is 45.5. The third-order valence-electron chi connectivity index (χ3n) is 1.47. The van der Waals surface area contributed by atoms with Crippen LogP contribution < -0.4 is 0 Å². The maximum absolute atomic E-state index is 10.4. The summed E-state index contributed by atoms with van der Waals surface area (Å²) in [6, 6.07) is 0. The van der Waals surface area contributed by atoms with Crippen LogP contribution in [-0.2, 0) is 54.9 Å². The van der Waals surface area contributed by atoms with E-state index in [-0.39, 0.29) is 76.0 Å². The average Bonchev–Trinajstić information content (AvgIpc) is 2.51. The van der Waals surface area contributed by atoms with Crippen LogP contribution in [0.3, 0.4) is 0 Å². The number of carbonyl (C=O) groups excluding carboxylic acids is 4. The Morgan fingerprint density at radius 2 is 1.00 bits per heavy atom. The van der Waals surface area contributed by atoms with Crippen molar-refractivity contribution in [1.82, 2.24) is 0 Å². The standard InChI is InChI=1S/2C6H9O3.2C3H8O.Zr/c2*1-2-9-5-6(8)3-4-7;2*1-3(2)4;/h2*2-3,5H2,1H3;2*3-4H,1-2H3;/q2*-1;;;+2. The number of ketones is 2. The van der Waals surface area contributed by atoms with Gasteiger partial charge >= 0.3 is 26.2 Å². The van der Waals surface area contributed by atoms with Crippen LogP contribution in [0, 0.1) is 0 Å². The van der Waals surface area contributed by atoms with Gasteiger partial charge in [0, 0.05) is 25.4 Å². The molecule has 0 unspecified atom stereocenters. The zero-order valence-corrected chi connectivity index (χ0v) is 19.7. The second-order valence-corrected chi connectivity index (χ2v) is 5.18. The summed E-state index contributed by atoms with van der Waals surface area (Å²) in [7, 11) is 0. The monoisotopic (exact) mass is 468 g/mol. The van der Waals surface area contributed by atoms with Crippen LogP contribution in [-0.4, -0.2) is 73.0 Å². The van der Waals surface area contributed by atoms with Gasteiger partial charge in [-0.05, 0) is 41.5 Å². The van der Waals surface area contributed by atoms with Gasteiger partial charge in [0.1, 0.15) is 24.8 Å². The van der Waals surface area contributed by atoms with Crippen molar-refractivity contribution in [2.24, 2.45) is 0 Å². The number of ether oxygens (including phenoxy) is 2. The van der Waals surface area contributed by atoms with Crippen molar-refractivity contribution in [2.75, 3.05) is 26.4 Å². The smallest absolute Gasteiger partial charge is 0.541 e. The first-order valence-electron chi connectivity index (χ1n) is 8.33. The Hall–Kier alpha value is -0.597. The molecular formula is C18H34O8Zr. The fraction of sp³-hybridized carbons (Fsp3) is 0.778. The Morgan fingerprint density at radius 3 is 1.15 bits per heavy atom. The van der Waals surface area contributed by atoms with E-state index in [0.717, 1.165) is 0 Å². The maximum Gasteiger partial charge on any atom is 2.00 e. The molecule has 0 saturated carbocycles. The molecule has 0 spiro atoms.